The number of nitrogens with zero attached hydrogens (tertiary/aromatic N) is 2. The van der Waals surface area contributed by atoms with Gasteiger partial charge in [-0.2, -0.15) is 26.3 Å². The van der Waals surface area contributed by atoms with E-state index in [1.165, 1.54) is 50.2 Å². The van der Waals surface area contributed by atoms with E-state index in [1.807, 2.05) is 11.3 Å². The van der Waals surface area contributed by atoms with Crippen LogP contribution in [0, 0.1) is 5.92 Å². The van der Waals surface area contributed by atoms with Gasteiger partial charge in [0.05, 0.1) is 13.2 Å². The minimum absolute atomic E-state index is 0.354. The third kappa shape index (κ3) is 9.94. The molecule has 3 fully saturated rings. The van der Waals surface area contributed by atoms with Gasteiger partial charge in [-0.05, 0) is 43.0 Å². The Kier molecular flexibility index (Phi) is 10.4. The molecule has 200 valence electrons. The highest BCUT2D eigenvalue weighted by molar-refractivity contribution is 7.09. The maximum atomic E-state index is 10.6. The van der Waals surface area contributed by atoms with E-state index in [0.717, 1.165) is 32.2 Å². The lowest BCUT2D eigenvalue weighted by atomic mass is 9.85. The molecule has 1 spiro atoms. The van der Waals surface area contributed by atoms with Gasteiger partial charge in [0, 0.05) is 43.1 Å². The molecule has 0 bridgehead atoms. The van der Waals surface area contributed by atoms with E-state index in [1.54, 1.807) is 0 Å². The highest BCUT2D eigenvalue weighted by Gasteiger charge is 2.44. The van der Waals surface area contributed by atoms with Gasteiger partial charge in [0.2, 0.25) is 0 Å². The van der Waals surface area contributed by atoms with E-state index in [9.17, 15) is 26.3 Å². The van der Waals surface area contributed by atoms with Crippen LogP contribution < -0.4 is 0 Å². The maximum Gasteiger partial charge on any atom is 0.490 e. The highest BCUT2D eigenvalue weighted by Crippen LogP contribution is 2.37. The van der Waals surface area contributed by atoms with Crippen molar-refractivity contribution >= 4 is 23.3 Å². The molecule has 7 nitrogen and oxygen atoms in total. The minimum Gasteiger partial charge on any atom is -0.475 e. The molecule has 14 heteroatoms. The first-order chi connectivity index (χ1) is 16.2. The third-order valence-corrected chi connectivity index (χ3v) is 6.82. The summed E-state index contributed by atoms with van der Waals surface area (Å²) in [5.41, 5.74) is 0.354. The summed E-state index contributed by atoms with van der Waals surface area (Å²) in [7, 11) is 0. The number of likely N-dealkylation sites (tertiary alicyclic amines) is 1. The minimum atomic E-state index is -5.08. The molecule has 1 saturated carbocycles. The Hall–Kier alpha value is -1.90. The predicted molar refractivity (Wildman–Crippen MR) is 114 cm³/mol. The molecule has 2 aliphatic heterocycles. The van der Waals surface area contributed by atoms with Crippen molar-refractivity contribution in [1.29, 1.82) is 0 Å². The average Bonchev–Trinajstić information content (AvgIpc) is 3.43. The fourth-order valence-electron chi connectivity index (χ4n) is 3.87. The Morgan fingerprint density at radius 1 is 1.03 bits per heavy atom. The summed E-state index contributed by atoms with van der Waals surface area (Å²) in [5, 5.41) is 16.4. The van der Waals surface area contributed by atoms with Crippen molar-refractivity contribution in [1.82, 2.24) is 9.80 Å². The number of hydrogen-bond acceptors (Lipinski definition) is 6. The molecule has 1 aromatic rings. The van der Waals surface area contributed by atoms with Gasteiger partial charge < -0.3 is 14.9 Å². The van der Waals surface area contributed by atoms with Gasteiger partial charge in [0.25, 0.3) is 0 Å². The van der Waals surface area contributed by atoms with E-state index >= 15 is 0 Å². The van der Waals surface area contributed by atoms with Gasteiger partial charge in [-0.1, -0.05) is 6.07 Å². The number of hydrogen-bond donors (Lipinski definition) is 2. The quantitative estimate of drug-likeness (QED) is 0.563. The first-order valence-electron chi connectivity index (χ1n) is 10.9. The van der Waals surface area contributed by atoms with Crippen LogP contribution in [0.25, 0.3) is 0 Å². The van der Waals surface area contributed by atoms with E-state index in [4.69, 9.17) is 24.5 Å². The molecule has 3 aliphatic rings. The van der Waals surface area contributed by atoms with Crippen LogP contribution in [-0.4, -0.2) is 89.2 Å². The number of rotatable bonds is 4. The normalized spacial score (nSPS) is 20.9. The van der Waals surface area contributed by atoms with Gasteiger partial charge in [-0.25, -0.2) is 9.59 Å². The number of thiophene rings is 1. The molecule has 0 atom stereocenters. The molecule has 2 N–H and O–H groups in total. The van der Waals surface area contributed by atoms with Crippen molar-refractivity contribution in [3.8, 4) is 0 Å². The summed E-state index contributed by atoms with van der Waals surface area (Å²) >= 11 is 1.88. The fraction of sp³-hybridized carbons (Fsp3) is 0.714. The van der Waals surface area contributed by atoms with E-state index in [2.05, 4.69) is 27.3 Å². The van der Waals surface area contributed by atoms with Crippen molar-refractivity contribution in [2.24, 2.45) is 5.92 Å². The number of carbonyl (C=O) groups is 2. The number of ether oxygens (including phenoxy) is 1. The smallest absolute Gasteiger partial charge is 0.475 e. The second-order valence-corrected chi connectivity index (χ2v) is 9.66. The molecule has 35 heavy (non-hydrogen) atoms. The summed E-state index contributed by atoms with van der Waals surface area (Å²) in [5.74, 6) is -4.52. The maximum absolute atomic E-state index is 10.6. The Morgan fingerprint density at radius 2 is 1.57 bits per heavy atom. The second kappa shape index (κ2) is 12.4. The fourth-order valence-corrected chi connectivity index (χ4v) is 4.62. The van der Waals surface area contributed by atoms with Crippen LogP contribution in [0.1, 0.15) is 30.6 Å². The van der Waals surface area contributed by atoms with Crippen molar-refractivity contribution in [3.63, 3.8) is 0 Å². The Bertz CT molecular complexity index is 782. The first kappa shape index (κ1) is 29.3. The van der Waals surface area contributed by atoms with Crippen LogP contribution in [0.3, 0.4) is 0 Å². The Morgan fingerprint density at radius 3 is 2.00 bits per heavy atom. The summed E-state index contributed by atoms with van der Waals surface area (Å²) in [6.07, 6.45) is -4.69. The molecular weight excluding hydrogens is 506 g/mol. The zero-order valence-electron chi connectivity index (χ0n) is 18.8. The summed E-state index contributed by atoms with van der Waals surface area (Å²) in [6, 6.07) is 4.43. The van der Waals surface area contributed by atoms with Crippen molar-refractivity contribution < 1.29 is 50.9 Å². The van der Waals surface area contributed by atoms with Crippen LogP contribution in [0.5, 0.6) is 0 Å². The monoisotopic (exact) mass is 534 g/mol. The van der Waals surface area contributed by atoms with Crippen LogP contribution in [0.4, 0.5) is 26.3 Å². The topological polar surface area (TPSA) is 90.3 Å². The number of halogens is 6. The van der Waals surface area contributed by atoms with Crippen LogP contribution >= 0.6 is 11.3 Å². The number of alkyl halides is 6. The molecule has 4 rings (SSSR count). The molecule has 1 aromatic heterocycles. The highest BCUT2D eigenvalue weighted by atomic mass is 32.1. The Balaban J connectivity index is 0.000000257. The van der Waals surface area contributed by atoms with E-state index < -0.39 is 24.3 Å². The molecule has 0 aromatic carbocycles. The Labute approximate surface area is 202 Å². The van der Waals surface area contributed by atoms with E-state index in [0.29, 0.717) is 5.54 Å². The lowest BCUT2D eigenvalue weighted by Crippen LogP contribution is -2.61. The van der Waals surface area contributed by atoms with Crippen molar-refractivity contribution in [3.05, 3.63) is 22.4 Å². The molecule has 0 radical (unpaired) electrons. The summed E-state index contributed by atoms with van der Waals surface area (Å²) < 4.78 is 69.4. The summed E-state index contributed by atoms with van der Waals surface area (Å²) in [6.45, 7) is 7.97. The third-order valence-electron chi connectivity index (χ3n) is 5.95. The van der Waals surface area contributed by atoms with Crippen LogP contribution in [0.15, 0.2) is 17.5 Å². The molecule has 3 heterocycles. The van der Waals surface area contributed by atoms with Crippen molar-refractivity contribution in [2.75, 3.05) is 39.4 Å². The zero-order valence-corrected chi connectivity index (χ0v) is 19.6. The number of aliphatic carboxylic acids is 2. The van der Waals surface area contributed by atoms with Crippen molar-refractivity contribution in [2.45, 2.75) is 50.1 Å². The lowest BCUT2D eigenvalue weighted by Gasteiger charge is -2.51. The molecule has 0 amide bonds. The standard InChI is InChI=1S/C17H26N2OS.2C2HF3O2/c1-2-16(21-11-1)13-18-7-5-17(6-8-18)14-20-10-9-19(17)12-15-3-4-15;2*3-2(4,5)1(6)7/h1-2,11,15H,3-10,12-14H2;2*(H,6,7). The number of morpholine rings is 1. The predicted octanol–water partition coefficient (Wildman–Crippen LogP) is 4.09. The SMILES string of the molecule is O=C(O)C(F)(F)F.O=C(O)C(F)(F)F.c1csc(CN2CCC3(CC2)COCCN3CC2CC2)c1. The van der Waals surface area contributed by atoms with Gasteiger partial charge >= 0.3 is 24.3 Å². The van der Waals surface area contributed by atoms with Gasteiger partial charge in [0.15, 0.2) is 0 Å². The average molecular weight is 535 g/mol. The molecular formula is C21H28F6N2O5S. The number of piperidine rings is 1. The van der Waals surface area contributed by atoms with Gasteiger partial charge in [-0.15, -0.1) is 11.3 Å². The van der Waals surface area contributed by atoms with Crippen LogP contribution in [0.2, 0.25) is 0 Å². The largest absolute Gasteiger partial charge is 0.490 e. The van der Waals surface area contributed by atoms with Crippen LogP contribution in [-0.2, 0) is 20.9 Å². The van der Waals surface area contributed by atoms with E-state index in [-0.39, 0.29) is 0 Å². The molecule has 1 aliphatic carbocycles. The first-order valence-corrected chi connectivity index (χ1v) is 11.8. The second-order valence-electron chi connectivity index (χ2n) is 8.63. The zero-order chi connectivity index (χ0) is 26.3. The number of carboxylic acids is 2. The number of carboxylic acid groups (broad SMARTS) is 2. The lowest BCUT2D eigenvalue weighted by molar-refractivity contribution is -0.193. The molecule has 2 saturated heterocycles. The summed E-state index contributed by atoms with van der Waals surface area (Å²) in [4.78, 5) is 24.7. The molecule has 0 unspecified atom stereocenters. The van der Waals surface area contributed by atoms with Gasteiger partial charge in [0.1, 0.15) is 0 Å². The van der Waals surface area contributed by atoms with Gasteiger partial charge in [-0.3, -0.25) is 9.80 Å².